The first kappa shape index (κ1) is 12.9. The van der Waals surface area contributed by atoms with Crippen molar-refractivity contribution < 1.29 is 23.1 Å². The van der Waals surface area contributed by atoms with E-state index in [0.29, 0.717) is 5.75 Å². The lowest BCUT2D eigenvalue weighted by Gasteiger charge is -2.02. The summed E-state index contributed by atoms with van der Waals surface area (Å²) < 4.78 is 28.1. The molecule has 5 nitrogen and oxygen atoms in total. The van der Waals surface area contributed by atoms with Gasteiger partial charge >= 0.3 is 5.97 Å². The van der Waals surface area contributed by atoms with E-state index in [-0.39, 0.29) is 0 Å². The molecule has 0 radical (unpaired) electrons. The third kappa shape index (κ3) is 2.20. The number of aliphatic carboxylic acids is 1. The number of carboxylic acids is 1. The van der Waals surface area contributed by atoms with Crippen molar-refractivity contribution in [1.82, 2.24) is 0 Å². The van der Waals surface area contributed by atoms with Gasteiger partial charge < -0.3 is 9.84 Å². The maximum absolute atomic E-state index is 11.5. The van der Waals surface area contributed by atoms with Crippen molar-refractivity contribution in [2.75, 3.05) is 13.4 Å². The molecule has 0 saturated heterocycles. The van der Waals surface area contributed by atoms with E-state index in [2.05, 4.69) is 0 Å². The van der Waals surface area contributed by atoms with Crippen LogP contribution in [-0.2, 0) is 14.6 Å². The van der Waals surface area contributed by atoms with E-state index in [1.54, 1.807) is 24.3 Å². The molecule has 1 saturated carbocycles. The lowest BCUT2D eigenvalue weighted by molar-refractivity contribution is -0.138. The largest absolute Gasteiger partial charge is 0.497 e. The van der Waals surface area contributed by atoms with Gasteiger partial charge in [-0.2, -0.15) is 0 Å². The smallest absolute Gasteiger partial charge is 0.308 e. The van der Waals surface area contributed by atoms with E-state index in [9.17, 15) is 13.2 Å². The van der Waals surface area contributed by atoms with Gasteiger partial charge in [-0.1, -0.05) is 12.1 Å². The van der Waals surface area contributed by atoms with E-state index >= 15 is 0 Å². The molecule has 98 valence electrons. The van der Waals surface area contributed by atoms with Crippen molar-refractivity contribution in [2.24, 2.45) is 5.92 Å². The summed E-state index contributed by atoms with van der Waals surface area (Å²) in [4.78, 5) is 11.0. The number of ether oxygens (including phenoxy) is 1. The number of sulfone groups is 1. The molecular weight excluding hydrogens is 256 g/mol. The summed E-state index contributed by atoms with van der Waals surface area (Å²) in [6.45, 7) is 0. The summed E-state index contributed by atoms with van der Waals surface area (Å²) in [7, 11) is -1.82. The third-order valence-electron chi connectivity index (χ3n) is 3.23. The van der Waals surface area contributed by atoms with Crippen molar-refractivity contribution in [2.45, 2.75) is 11.2 Å². The Morgan fingerprint density at radius 1 is 1.28 bits per heavy atom. The second-order valence-corrected chi connectivity index (χ2v) is 6.66. The Labute approximate surface area is 105 Å². The molecule has 1 N–H and O–H groups in total. The Bertz CT molecular complexity index is 561. The summed E-state index contributed by atoms with van der Waals surface area (Å²) >= 11 is 0. The lowest BCUT2D eigenvalue weighted by Crippen LogP contribution is -2.10. The molecule has 0 aliphatic heterocycles. The molecule has 3 atom stereocenters. The van der Waals surface area contributed by atoms with Gasteiger partial charge in [-0.3, -0.25) is 4.79 Å². The van der Waals surface area contributed by atoms with E-state index in [1.165, 1.54) is 7.11 Å². The van der Waals surface area contributed by atoms with Crippen LogP contribution in [0.2, 0.25) is 0 Å². The molecule has 18 heavy (non-hydrogen) atoms. The minimum Gasteiger partial charge on any atom is -0.497 e. The van der Waals surface area contributed by atoms with Crippen LogP contribution in [0.5, 0.6) is 5.75 Å². The van der Waals surface area contributed by atoms with Crippen LogP contribution in [0.4, 0.5) is 0 Å². The molecule has 1 aliphatic rings. The molecule has 0 aromatic heterocycles. The van der Waals surface area contributed by atoms with E-state index in [1.807, 2.05) is 0 Å². The highest BCUT2D eigenvalue weighted by Crippen LogP contribution is 2.52. The Hall–Kier alpha value is -1.56. The molecule has 0 amide bonds. The Morgan fingerprint density at radius 3 is 2.17 bits per heavy atom. The van der Waals surface area contributed by atoms with Gasteiger partial charge in [0.15, 0.2) is 9.84 Å². The van der Waals surface area contributed by atoms with Gasteiger partial charge in [-0.25, -0.2) is 8.42 Å². The molecule has 6 heteroatoms. The Kier molecular flexibility index (Phi) is 3.06. The monoisotopic (exact) mass is 270 g/mol. The summed E-state index contributed by atoms with van der Waals surface area (Å²) in [5.74, 6) is -1.70. The van der Waals surface area contributed by atoms with Crippen molar-refractivity contribution in [3.63, 3.8) is 0 Å². The standard InChI is InChI=1S/C12H14O5S/c1-17-8-5-3-7(4-6-8)9-10(12(13)14)11(9)18(2,15)16/h3-6,9-11H,1-2H3,(H,13,14)/t9-,10+,11-/m1/s1. The van der Waals surface area contributed by atoms with Crippen molar-refractivity contribution in [1.29, 1.82) is 0 Å². The van der Waals surface area contributed by atoms with Gasteiger partial charge in [0.2, 0.25) is 0 Å². The predicted octanol–water partition coefficient (Wildman–Crippen LogP) is 0.906. The zero-order valence-electron chi connectivity index (χ0n) is 10.0. The fourth-order valence-corrected chi connectivity index (χ4v) is 3.92. The van der Waals surface area contributed by atoms with Crippen LogP contribution in [0, 0.1) is 5.92 Å². The molecule has 1 aliphatic carbocycles. The van der Waals surface area contributed by atoms with Crippen LogP contribution < -0.4 is 4.74 Å². The number of carboxylic acid groups (broad SMARTS) is 1. The zero-order chi connectivity index (χ0) is 13.5. The van der Waals surface area contributed by atoms with Crippen LogP contribution in [0.3, 0.4) is 0 Å². The quantitative estimate of drug-likeness (QED) is 0.879. The normalized spacial score (nSPS) is 26.7. The van der Waals surface area contributed by atoms with Crippen LogP contribution in [-0.4, -0.2) is 38.1 Å². The first-order valence-electron chi connectivity index (χ1n) is 5.42. The number of hydrogen-bond acceptors (Lipinski definition) is 4. The van der Waals surface area contributed by atoms with Crippen molar-refractivity contribution in [3.05, 3.63) is 29.8 Å². The molecule has 0 bridgehead atoms. The van der Waals surface area contributed by atoms with Gasteiger partial charge in [0.05, 0.1) is 18.3 Å². The molecule has 2 rings (SSSR count). The predicted molar refractivity (Wildman–Crippen MR) is 65.5 cm³/mol. The van der Waals surface area contributed by atoms with Crippen LogP contribution in [0.15, 0.2) is 24.3 Å². The Balaban J connectivity index is 2.30. The number of rotatable bonds is 4. The van der Waals surface area contributed by atoms with Gasteiger partial charge in [-0.05, 0) is 17.7 Å². The van der Waals surface area contributed by atoms with Crippen LogP contribution >= 0.6 is 0 Å². The fourth-order valence-electron chi connectivity index (χ4n) is 2.33. The first-order chi connectivity index (χ1) is 8.36. The van der Waals surface area contributed by atoms with Gasteiger partial charge in [0.25, 0.3) is 0 Å². The summed E-state index contributed by atoms with van der Waals surface area (Å²) in [5.41, 5.74) is 0.721. The molecule has 1 fully saturated rings. The maximum atomic E-state index is 11.5. The fraction of sp³-hybridized carbons (Fsp3) is 0.417. The summed E-state index contributed by atoms with van der Waals surface area (Å²) in [6, 6.07) is 6.83. The molecule has 0 heterocycles. The highest BCUT2D eigenvalue weighted by Gasteiger charge is 2.61. The van der Waals surface area contributed by atoms with Gasteiger partial charge in [-0.15, -0.1) is 0 Å². The number of carbonyl (C=O) groups is 1. The number of methoxy groups -OCH3 is 1. The third-order valence-corrected chi connectivity index (χ3v) is 4.81. The molecule has 0 unspecified atom stereocenters. The van der Waals surface area contributed by atoms with Crippen LogP contribution in [0.1, 0.15) is 11.5 Å². The van der Waals surface area contributed by atoms with E-state index in [0.717, 1.165) is 11.8 Å². The second-order valence-electron chi connectivity index (χ2n) is 4.46. The van der Waals surface area contributed by atoms with E-state index in [4.69, 9.17) is 9.84 Å². The minimum absolute atomic E-state index is 0.455. The average molecular weight is 270 g/mol. The second kappa shape index (κ2) is 4.28. The Morgan fingerprint density at radius 2 is 1.83 bits per heavy atom. The number of hydrogen-bond donors (Lipinski definition) is 1. The molecule has 1 aromatic rings. The molecular formula is C12H14O5S. The van der Waals surface area contributed by atoms with Gasteiger partial charge in [0, 0.05) is 12.2 Å². The highest BCUT2D eigenvalue weighted by molar-refractivity contribution is 7.91. The first-order valence-corrected chi connectivity index (χ1v) is 7.37. The highest BCUT2D eigenvalue weighted by atomic mass is 32.2. The lowest BCUT2D eigenvalue weighted by atomic mass is 10.1. The molecule has 0 spiro atoms. The van der Waals surface area contributed by atoms with Crippen molar-refractivity contribution >= 4 is 15.8 Å². The van der Waals surface area contributed by atoms with E-state index < -0.39 is 32.9 Å². The summed E-state index contributed by atoms with van der Waals surface area (Å²) in [6.07, 6.45) is 1.08. The summed E-state index contributed by atoms with van der Waals surface area (Å²) in [5, 5.41) is 8.21. The SMILES string of the molecule is COc1ccc([C@@H]2[C@H](C(=O)O)[C@@H]2S(C)(=O)=O)cc1. The topological polar surface area (TPSA) is 80.7 Å². The maximum Gasteiger partial charge on any atom is 0.308 e. The van der Waals surface area contributed by atoms with Crippen LogP contribution in [0.25, 0.3) is 0 Å². The van der Waals surface area contributed by atoms with Crippen molar-refractivity contribution in [3.8, 4) is 5.75 Å². The average Bonchev–Trinajstić information content (AvgIpc) is 3.04. The van der Waals surface area contributed by atoms with Gasteiger partial charge in [0.1, 0.15) is 5.75 Å². The molecule has 1 aromatic carbocycles. The minimum atomic E-state index is -3.35. The zero-order valence-corrected chi connectivity index (χ0v) is 10.8. The number of benzene rings is 1.